The highest BCUT2D eigenvalue weighted by molar-refractivity contribution is 8.01. The fourth-order valence-electron chi connectivity index (χ4n) is 1.46. The van der Waals surface area contributed by atoms with Crippen LogP contribution >= 0.6 is 34.7 Å². The number of nitrogens with one attached hydrogen (secondary N) is 3. The number of carbonyl (C=O) groups excluding carboxylic acids is 2. The highest BCUT2D eigenvalue weighted by atomic mass is 35.5. The Labute approximate surface area is 151 Å². The van der Waals surface area contributed by atoms with Gasteiger partial charge in [0.2, 0.25) is 11.0 Å². The normalized spacial score (nSPS) is 10.0. The molecule has 10 heteroatoms. The first kappa shape index (κ1) is 18.2. The van der Waals surface area contributed by atoms with E-state index in [2.05, 4.69) is 32.9 Å². The lowest BCUT2D eigenvalue weighted by molar-refractivity contribution is -0.119. The van der Waals surface area contributed by atoms with Crippen molar-refractivity contribution >= 4 is 51.6 Å². The third kappa shape index (κ3) is 5.84. The number of carbonyl (C=O) groups is 2. The molecule has 1 aromatic heterocycles. The van der Waals surface area contributed by atoms with Gasteiger partial charge in [0, 0.05) is 17.1 Å². The standard InChI is InChI=1S/C14H14ClN5O2S2/c1-2-7-16-13-19-20-14(24-13)23-8-11(21)17-18-12(22)9-3-5-10(15)6-4-9/h2-6H,1,7-8H2,(H,16,19)(H,17,21)(H,18,22). The molecule has 0 radical (unpaired) electrons. The number of hydrazine groups is 1. The maximum Gasteiger partial charge on any atom is 0.269 e. The summed E-state index contributed by atoms with van der Waals surface area (Å²) in [6.45, 7) is 4.19. The Balaban J connectivity index is 1.73. The predicted octanol–water partition coefficient (Wildman–Crippen LogP) is 2.34. The van der Waals surface area contributed by atoms with Crippen molar-refractivity contribution in [3.8, 4) is 0 Å². The molecular formula is C14H14ClN5O2S2. The fraction of sp³-hybridized carbons (Fsp3) is 0.143. The topological polar surface area (TPSA) is 96.0 Å². The number of nitrogens with zero attached hydrogens (tertiary/aromatic N) is 2. The van der Waals surface area contributed by atoms with E-state index in [1.807, 2.05) is 0 Å². The van der Waals surface area contributed by atoms with E-state index < -0.39 is 5.91 Å². The van der Waals surface area contributed by atoms with E-state index >= 15 is 0 Å². The molecule has 3 N–H and O–H groups in total. The fourth-order valence-corrected chi connectivity index (χ4v) is 3.15. The van der Waals surface area contributed by atoms with E-state index in [0.29, 0.717) is 26.6 Å². The summed E-state index contributed by atoms with van der Waals surface area (Å²) in [4.78, 5) is 23.6. The quantitative estimate of drug-likeness (QED) is 0.386. The Hall–Kier alpha value is -2.10. The molecule has 0 fully saturated rings. The number of benzene rings is 1. The maximum atomic E-state index is 11.8. The molecule has 2 rings (SSSR count). The van der Waals surface area contributed by atoms with Gasteiger partial charge in [-0.05, 0) is 24.3 Å². The molecule has 0 aliphatic heterocycles. The third-order valence-corrected chi connectivity index (χ3v) is 4.82. The molecular weight excluding hydrogens is 370 g/mol. The van der Waals surface area contributed by atoms with Crippen molar-refractivity contribution in [1.29, 1.82) is 0 Å². The monoisotopic (exact) mass is 383 g/mol. The second kappa shape index (κ2) is 9.26. The van der Waals surface area contributed by atoms with Crippen molar-refractivity contribution in [2.24, 2.45) is 0 Å². The lowest BCUT2D eigenvalue weighted by Crippen LogP contribution is -2.42. The lowest BCUT2D eigenvalue weighted by atomic mass is 10.2. The van der Waals surface area contributed by atoms with Crippen LogP contribution in [-0.4, -0.2) is 34.3 Å². The summed E-state index contributed by atoms with van der Waals surface area (Å²) in [6, 6.07) is 6.33. The molecule has 0 saturated heterocycles. The molecule has 1 aromatic carbocycles. The van der Waals surface area contributed by atoms with Crippen LogP contribution in [0.2, 0.25) is 5.02 Å². The number of amides is 2. The molecule has 2 amide bonds. The van der Waals surface area contributed by atoms with Gasteiger partial charge in [-0.15, -0.1) is 16.8 Å². The van der Waals surface area contributed by atoms with Crippen LogP contribution < -0.4 is 16.2 Å². The SMILES string of the molecule is C=CCNc1nnc(SCC(=O)NNC(=O)c2ccc(Cl)cc2)s1. The van der Waals surface area contributed by atoms with Crippen LogP contribution in [0.25, 0.3) is 0 Å². The predicted molar refractivity (Wildman–Crippen MR) is 96.4 cm³/mol. The second-order valence-electron chi connectivity index (χ2n) is 4.34. The van der Waals surface area contributed by atoms with Gasteiger partial charge in [-0.1, -0.05) is 40.8 Å². The first-order valence-corrected chi connectivity index (χ1v) is 8.92. The molecule has 7 nitrogen and oxygen atoms in total. The highest BCUT2D eigenvalue weighted by Gasteiger charge is 2.10. The molecule has 0 unspecified atom stereocenters. The van der Waals surface area contributed by atoms with Crippen LogP contribution in [0.3, 0.4) is 0 Å². The number of hydrogen-bond acceptors (Lipinski definition) is 7. The molecule has 0 aliphatic rings. The van der Waals surface area contributed by atoms with Crippen LogP contribution in [0.4, 0.5) is 5.13 Å². The van der Waals surface area contributed by atoms with Crippen molar-refractivity contribution in [2.75, 3.05) is 17.6 Å². The van der Waals surface area contributed by atoms with Crippen molar-refractivity contribution in [2.45, 2.75) is 4.34 Å². The number of anilines is 1. The van der Waals surface area contributed by atoms with Crippen LogP contribution in [0.5, 0.6) is 0 Å². The van der Waals surface area contributed by atoms with Crippen LogP contribution in [0, 0.1) is 0 Å². The van der Waals surface area contributed by atoms with E-state index in [9.17, 15) is 9.59 Å². The summed E-state index contributed by atoms with van der Waals surface area (Å²) >= 11 is 8.32. The smallest absolute Gasteiger partial charge is 0.269 e. The average Bonchev–Trinajstić information content (AvgIpc) is 3.04. The zero-order valence-electron chi connectivity index (χ0n) is 12.4. The van der Waals surface area contributed by atoms with Gasteiger partial charge in [0.1, 0.15) is 0 Å². The molecule has 0 spiro atoms. The number of rotatable bonds is 7. The molecule has 0 aliphatic carbocycles. The van der Waals surface area contributed by atoms with E-state index in [0.717, 1.165) is 0 Å². The third-order valence-electron chi connectivity index (χ3n) is 2.55. The average molecular weight is 384 g/mol. The molecule has 24 heavy (non-hydrogen) atoms. The molecule has 126 valence electrons. The summed E-state index contributed by atoms with van der Waals surface area (Å²) in [5.74, 6) is -0.660. The van der Waals surface area contributed by atoms with Gasteiger partial charge in [0.25, 0.3) is 5.91 Å². The largest absolute Gasteiger partial charge is 0.357 e. The molecule has 0 bridgehead atoms. The van der Waals surface area contributed by atoms with E-state index in [-0.39, 0.29) is 11.7 Å². The van der Waals surface area contributed by atoms with E-state index in [1.54, 1.807) is 30.3 Å². The van der Waals surface area contributed by atoms with Crippen molar-refractivity contribution in [3.63, 3.8) is 0 Å². The maximum absolute atomic E-state index is 11.8. The van der Waals surface area contributed by atoms with Crippen LogP contribution in [-0.2, 0) is 4.79 Å². The Morgan fingerprint density at radius 2 is 2.00 bits per heavy atom. The van der Waals surface area contributed by atoms with Crippen molar-refractivity contribution < 1.29 is 9.59 Å². The first-order chi connectivity index (χ1) is 11.6. The molecule has 2 aromatic rings. The summed E-state index contributed by atoms with van der Waals surface area (Å²) in [5.41, 5.74) is 5.08. The van der Waals surface area contributed by atoms with E-state index in [1.165, 1.54) is 23.1 Å². The molecule has 0 atom stereocenters. The minimum absolute atomic E-state index is 0.108. The van der Waals surface area contributed by atoms with Gasteiger partial charge in [-0.25, -0.2) is 0 Å². The highest BCUT2D eigenvalue weighted by Crippen LogP contribution is 2.24. The lowest BCUT2D eigenvalue weighted by Gasteiger charge is -2.06. The van der Waals surface area contributed by atoms with Gasteiger partial charge < -0.3 is 5.32 Å². The minimum Gasteiger partial charge on any atom is -0.357 e. The first-order valence-electron chi connectivity index (χ1n) is 6.74. The zero-order valence-corrected chi connectivity index (χ0v) is 14.8. The Bertz CT molecular complexity index is 720. The van der Waals surface area contributed by atoms with Gasteiger partial charge >= 0.3 is 0 Å². The van der Waals surface area contributed by atoms with Crippen molar-refractivity contribution in [1.82, 2.24) is 21.0 Å². The van der Waals surface area contributed by atoms with Gasteiger partial charge in [-0.2, -0.15) is 0 Å². The van der Waals surface area contributed by atoms with E-state index in [4.69, 9.17) is 11.6 Å². The van der Waals surface area contributed by atoms with Crippen LogP contribution in [0.1, 0.15) is 10.4 Å². The zero-order chi connectivity index (χ0) is 17.4. The van der Waals surface area contributed by atoms with Crippen LogP contribution in [0.15, 0.2) is 41.3 Å². The van der Waals surface area contributed by atoms with Gasteiger partial charge in [0.05, 0.1) is 5.75 Å². The van der Waals surface area contributed by atoms with Crippen molar-refractivity contribution in [3.05, 3.63) is 47.5 Å². The van der Waals surface area contributed by atoms with Gasteiger partial charge in [-0.3, -0.25) is 20.4 Å². The molecule has 1 heterocycles. The summed E-state index contributed by atoms with van der Waals surface area (Å²) in [5, 5.41) is 12.1. The Kier molecular flexibility index (Phi) is 7.04. The summed E-state index contributed by atoms with van der Waals surface area (Å²) < 4.78 is 0.653. The number of thioether (sulfide) groups is 1. The number of aromatic nitrogens is 2. The minimum atomic E-state index is -0.420. The summed E-state index contributed by atoms with van der Waals surface area (Å²) in [7, 11) is 0. The Morgan fingerprint density at radius 1 is 1.25 bits per heavy atom. The Morgan fingerprint density at radius 3 is 2.71 bits per heavy atom. The number of halogens is 1. The second-order valence-corrected chi connectivity index (χ2v) is 6.98. The number of hydrogen-bond donors (Lipinski definition) is 3. The molecule has 0 saturated carbocycles. The van der Waals surface area contributed by atoms with Gasteiger partial charge in [0.15, 0.2) is 4.34 Å². The summed E-state index contributed by atoms with van der Waals surface area (Å²) in [6.07, 6.45) is 1.71.